The molecule has 2 aromatic rings. The van der Waals surface area contributed by atoms with Crippen molar-refractivity contribution in [1.82, 2.24) is 4.98 Å². The molecule has 0 fully saturated rings. The van der Waals surface area contributed by atoms with Gasteiger partial charge in [-0.2, -0.15) is 0 Å². The first kappa shape index (κ1) is 12.3. The number of halogens is 1. The molecule has 88 valence electrons. The van der Waals surface area contributed by atoms with Crippen LogP contribution in [0.3, 0.4) is 0 Å². The maximum atomic E-state index is 10.3. The Morgan fingerprint density at radius 3 is 2.29 bits per heavy atom. The van der Waals surface area contributed by atoms with Gasteiger partial charge in [-0.05, 0) is 47.5 Å². The Kier molecular flexibility index (Phi) is 3.60. The maximum Gasteiger partial charge on any atom is 0.121 e. The molecule has 2 rings (SSSR count). The third-order valence-electron chi connectivity index (χ3n) is 2.59. The molecule has 1 aromatic carbocycles. The Labute approximate surface area is 109 Å². The van der Waals surface area contributed by atoms with Gasteiger partial charge in [0.05, 0.1) is 5.69 Å². The van der Waals surface area contributed by atoms with Gasteiger partial charge in [-0.3, -0.25) is 4.98 Å². The van der Waals surface area contributed by atoms with Gasteiger partial charge < -0.3 is 5.11 Å². The third-order valence-corrected chi connectivity index (χ3v) is 3.06. The zero-order chi connectivity index (χ0) is 12.4. The molecule has 1 N–H and O–H groups in total. The second kappa shape index (κ2) is 4.98. The fourth-order valence-electron chi connectivity index (χ4n) is 1.89. The van der Waals surface area contributed by atoms with Crippen LogP contribution in [-0.2, 0) is 0 Å². The van der Waals surface area contributed by atoms with Crippen molar-refractivity contribution in [2.75, 3.05) is 0 Å². The van der Waals surface area contributed by atoms with E-state index in [0.717, 1.165) is 21.2 Å². The molecule has 0 spiro atoms. The number of aliphatic hydroxyl groups excluding tert-OH is 1. The minimum absolute atomic E-state index is 0.665. The molecule has 0 aliphatic rings. The van der Waals surface area contributed by atoms with Crippen LogP contribution in [0, 0.1) is 13.8 Å². The molecule has 0 aliphatic heterocycles. The Morgan fingerprint density at radius 2 is 1.76 bits per heavy atom. The molecular weight excluding hydrogens is 278 g/mol. The van der Waals surface area contributed by atoms with Gasteiger partial charge in [0.25, 0.3) is 0 Å². The first-order valence-electron chi connectivity index (χ1n) is 5.44. The van der Waals surface area contributed by atoms with Crippen molar-refractivity contribution >= 4 is 15.9 Å². The second-order valence-electron chi connectivity index (χ2n) is 4.22. The molecule has 3 heteroatoms. The zero-order valence-electron chi connectivity index (χ0n) is 9.81. The topological polar surface area (TPSA) is 33.1 Å². The van der Waals surface area contributed by atoms with Crippen LogP contribution in [0.1, 0.15) is 28.5 Å². The molecule has 0 saturated heterocycles. The number of pyridine rings is 1. The SMILES string of the molecule is Cc1cc(C)cc(C(O)c2ccc(Br)cn2)c1. The van der Waals surface area contributed by atoms with E-state index in [-0.39, 0.29) is 0 Å². The number of benzene rings is 1. The van der Waals surface area contributed by atoms with Gasteiger partial charge in [-0.25, -0.2) is 0 Å². The molecule has 0 saturated carbocycles. The summed E-state index contributed by atoms with van der Waals surface area (Å²) in [5.41, 5.74) is 3.85. The fourth-order valence-corrected chi connectivity index (χ4v) is 2.12. The lowest BCUT2D eigenvalue weighted by Crippen LogP contribution is -2.02. The van der Waals surface area contributed by atoms with Crippen LogP contribution >= 0.6 is 15.9 Å². The lowest BCUT2D eigenvalue weighted by molar-refractivity contribution is 0.215. The summed E-state index contributed by atoms with van der Waals surface area (Å²) in [7, 11) is 0. The monoisotopic (exact) mass is 291 g/mol. The van der Waals surface area contributed by atoms with Gasteiger partial charge in [0.1, 0.15) is 6.10 Å². The second-order valence-corrected chi connectivity index (χ2v) is 5.14. The van der Waals surface area contributed by atoms with E-state index in [1.165, 1.54) is 0 Å². The van der Waals surface area contributed by atoms with Crippen LogP contribution in [0.5, 0.6) is 0 Å². The van der Waals surface area contributed by atoms with Crippen molar-refractivity contribution in [3.8, 4) is 0 Å². The van der Waals surface area contributed by atoms with Crippen LogP contribution in [-0.4, -0.2) is 10.1 Å². The van der Waals surface area contributed by atoms with E-state index < -0.39 is 6.10 Å². The highest BCUT2D eigenvalue weighted by molar-refractivity contribution is 9.10. The summed E-state index contributed by atoms with van der Waals surface area (Å²) in [6.45, 7) is 4.05. The molecule has 17 heavy (non-hydrogen) atoms. The summed E-state index contributed by atoms with van der Waals surface area (Å²) in [5, 5.41) is 10.3. The maximum absolute atomic E-state index is 10.3. The van der Waals surface area contributed by atoms with E-state index in [1.54, 1.807) is 6.20 Å². The number of nitrogens with zero attached hydrogens (tertiary/aromatic N) is 1. The zero-order valence-corrected chi connectivity index (χ0v) is 11.4. The first-order valence-corrected chi connectivity index (χ1v) is 6.23. The van der Waals surface area contributed by atoms with Crippen LogP contribution in [0.15, 0.2) is 41.0 Å². The molecule has 1 atom stereocenters. The van der Waals surface area contributed by atoms with E-state index >= 15 is 0 Å². The summed E-state index contributed by atoms with van der Waals surface area (Å²) in [5.74, 6) is 0. The summed E-state index contributed by atoms with van der Waals surface area (Å²) >= 11 is 3.33. The molecule has 1 aromatic heterocycles. The average Bonchev–Trinajstić information content (AvgIpc) is 2.28. The van der Waals surface area contributed by atoms with Crippen molar-refractivity contribution in [2.45, 2.75) is 20.0 Å². The summed E-state index contributed by atoms with van der Waals surface area (Å²) in [6.07, 6.45) is 1.03. The van der Waals surface area contributed by atoms with Crippen molar-refractivity contribution in [3.05, 3.63) is 63.4 Å². The van der Waals surface area contributed by atoms with Gasteiger partial charge in [0.2, 0.25) is 0 Å². The number of aliphatic hydroxyl groups is 1. The highest BCUT2D eigenvalue weighted by Gasteiger charge is 2.12. The summed E-state index contributed by atoms with van der Waals surface area (Å²) in [6, 6.07) is 9.77. The van der Waals surface area contributed by atoms with Crippen LogP contribution in [0.4, 0.5) is 0 Å². The smallest absolute Gasteiger partial charge is 0.121 e. The summed E-state index contributed by atoms with van der Waals surface area (Å²) < 4.78 is 0.911. The molecule has 1 unspecified atom stereocenters. The third kappa shape index (κ3) is 2.93. The van der Waals surface area contributed by atoms with E-state index in [9.17, 15) is 5.11 Å². The van der Waals surface area contributed by atoms with Crippen molar-refractivity contribution in [1.29, 1.82) is 0 Å². The Morgan fingerprint density at radius 1 is 1.12 bits per heavy atom. The van der Waals surface area contributed by atoms with Gasteiger partial charge in [0, 0.05) is 10.7 Å². The Bertz CT molecular complexity index is 502. The minimum Gasteiger partial charge on any atom is -0.382 e. The van der Waals surface area contributed by atoms with E-state index in [1.807, 2.05) is 38.1 Å². The predicted octanol–water partition coefficient (Wildman–Crippen LogP) is 3.54. The van der Waals surface area contributed by atoms with Gasteiger partial charge in [-0.15, -0.1) is 0 Å². The molecule has 2 nitrogen and oxygen atoms in total. The molecule has 0 aliphatic carbocycles. The highest BCUT2D eigenvalue weighted by atomic mass is 79.9. The number of aromatic nitrogens is 1. The van der Waals surface area contributed by atoms with Gasteiger partial charge >= 0.3 is 0 Å². The van der Waals surface area contributed by atoms with Crippen molar-refractivity contribution in [3.63, 3.8) is 0 Å². The lowest BCUT2D eigenvalue weighted by Gasteiger charge is -2.12. The van der Waals surface area contributed by atoms with E-state index in [2.05, 4.69) is 27.0 Å². The Hall–Kier alpha value is -1.19. The molecule has 0 radical (unpaired) electrons. The van der Waals surface area contributed by atoms with E-state index in [0.29, 0.717) is 5.69 Å². The molecular formula is C14H14BrNO. The lowest BCUT2D eigenvalue weighted by atomic mass is 10.0. The van der Waals surface area contributed by atoms with Crippen molar-refractivity contribution in [2.24, 2.45) is 0 Å². The van der Waals surface area contributed by atoms with Crippen LogP contribution in [0.2, 0.25) is 0 Å². The minimum atomic E-state index is -0.665. The average molecular weight is 292 g/mol. The first-order chi connectivity index (χ1) is 8.06. The molecule has 0 bridgehead atoms. The summed E-state index contributed by atoms with van der Waals surface area (Å²) in [4.78, 5) is 4.22. The number of aryl methyl sites for hydroxylation is 2. The number of hydrogen-bond donors (Lipinski definition) is 1. The predicted molar refractivity (Wildman–Crippen MR) is 71.9 cm³/mol. The largest absolute Gasteiger partial charge is 0.382 e. The van der Waals surface area contributed by atoms with Crippen LogP contribution < -0.4 is 0 Å². The van der Waals surface area contributed by atoms with Gasteiger partial charge in [-0.1, -0.05) is 29.3 Å². The molecule has 0 amide bonds. The highest BCUT2D eigenvalue weighted by Crippen LogP contribution is 2.23. The molecule has 1 heterocycles. The van der Waals surface area contributed by atoms with Crippen molar-refractivity contribution < 1.29 is 5.11 Å². The number of hydrogen-bond acceptors (Lipinski definition) is 2. The Balaban J connectivity index is 2.36. The van der Waals surface area contributed by atoms with E-state index in [4.69, 9.17) is 0 Å². The van der Waals surface area contributed by atoms with Gasteiger partial charge in [0.15, 0.2) is 0 Å². The van der Waals surface area contributed by atoms with Crippen LogP contribution in [0.25, 0.3) is 0 Å². The number of rotatable bonds is 2. The normalized spacial score (nSPS) is 12.5. The standard InChI is InChI=1S/C14H14BrNO/c1-9-5-10(2)7-11(6-9)14(17)13-4-3-12(15)8-16-13/h3-8,14,17H,1-2H3. The quantitative estimate of drug-likeness (QED) is 0.918. The fraction of sp³-hybridized carbons (Fsp3) is 0.214.